The molecule has 0 saturated heterocycles. The van der Waals surface area contributed by atoms with Gasteiger partial charge in [0.1, 0.15) is 0 Å². The maximum absolute atomic E-state index is 4.81. The molecule has 0 radical (unpaired) electrons. The van der Waals surface area contributed by atoms with Crippen molar-refractivity contribution in [2.75, 3.05) is 24.5 Å². The molecule has 0 amide bonds. The van der Waals surface area contributed by atoms with E-state index in [-0.39, 0.29) is 0 Å². The van der Waals surface area contributed by atoms with Gasteiger partial charge in [-0.05, 0) is 37.5 Å². The van der Waals surface area contributed by atoms with Crippen LogP contribution in [-0.4, -0.2) is 31.6 Å². The Morgan fingerprint density at radius 1 is 1.17 bits per heavy atom. The van der Waals surface area contributed by atoms with E-state index in [1.165, 1.54) is 43.4 Å². The van der Waals surface area contributed by atoms with E-state index in [1.54, 1.807) is 0 Å². The van der Waals surface area contributed by atoms with Gasteiger partial charge in [-0.1, -0.05) is 43.5 Å². The number of benzene rings is 1. The van der Waals surface area contributed by atoms with Crippen LogP contribution in [0.5, 0.6) is 0 Å². The molecule has 1 heterocycles. The fourth-order valence-electron chi connectivity index (χ4n) is 3.47. The van der Waals surface area contributed by atoms with E-state index in [4.69, 9.17) is 4.99 Å². The lowest BCUT2D eigenvalue weighted by molar-refractivity contribution is 0.410. The van der Waals surface area contributed by atoms with Crippen molar-refractivity contribution in [2.24, 2.45) is 4.99 Å². The molecule has 1 aromatic rings. The van der Waals surface area contributed by atoms with Gasteiger partial charge in [-0.3, -0.25) is 0 Å². The number of nitrogens with zero attached hydrogens (tertiary/aromatic N) is 2. The number of nitrogens with one attached hydrogen (secondary N) is 2. The van der Waals surface area contributed by atoms with Crippen molar-refractivity contribution in [2.45, 2.75) is 51.6 Å². The lowest BCUT2D eigenvalue weighted by atomic mass is 9.96. The van der Waals surface area contributed by atoms with Gasteiger partial charge in [0.2, 0.25) is 0 Å². The molecule has 0 unspecified atom stereocenters. The molecule has 130 valence electrons. The number of anilines is 1. The Labute approximate surface area is 146 Å². The van der Waals surface area contributed by atoms with Crippen LogP contribution in [0.2, 0.25) is 0 Å². The Morgan fingerprint density at radius 2 is 1.96 bits per heavy atom. The molecule has 4 heteroatoms. The van der Waals surface area contributed by atoms with Crippen LogP contribution in [0.25, 0.3) is 0 Å². The molecule has 0 bridgehead atoms. The second-order valence-electron chi connectivity index (χ2n) is 6.72. The minimum absolute atomic E-state index is 0.582. The van der Waals surface area contributed by atoms with Gasteiger partial charge in [-0.25, -0.2) is 4.99 Å². The van der Waals surface area contributed by atoms with Crippen molar-refractivity contribution in [1.29, 1.82) is 0 Å². The third kappa shape index (κ3) is 4.76. The quantitative estimate of drug-likeness (QED) is 0.494. The summed E-state index contributed by atoms with van der Waals surface area (Å²) in [4.78, 5) is 7.18. The summed E-state index contributed by atoms with van der Waals surface area (Å²) >= 11 is 0. The van der Waals surface area contributed by atoms with Crippen molar-refractivity contribution in [3.8, 4) is 0 Å². The van der Waals surface area contributed by atoms with Crippen LogP contribution in [0.1, 0.15) is 44.6 Å². The Balaban J connectivity index is 1.61. The predicted molar refractivity (Wildman–Crippen MR) is 103 cm³/mol. The van der Waals surface area contributed by atoms with Gasteiger partial charge in [0, 0.05) is 31.4 Å². The molecule has 0 aromatic heterocycles. The molecule has 1 fully saturated rings. The zero-order valence-corrected chi connectivity index (χ0v) is 14.8. The summed E-state index contributed by atoms with van der Waals surface area (Å²) in [5.74, 6) is 0.956. The first-order chi connectivity index (χ1) is 11.8. The molecule has 3 rings (SSSR count). The van der Waals surface area contributed by atoms with Crippen LogP contribution < -0.4 is 15.5 Å². The van der Waals surface area contributed by atoms with Crippen LogP contribution in [0.15, 0.2) is 41.4 Å². The molecule has 1 aliphatic carbocycles. The third-order valence-electron chi connectivity index (χ3n) is 4.80. The third-order valence-corrected chi connectivity index (χ3v) is 4.80. The monoisotopic (exact) mass is 326 g/mol. The van der Waals surface area contributed by atoms with E-state index >= 15 is 0 Å². The van der Waals surface area contributed by atoms with E-state index in [0.717, 1.165) is 32.1 Å². The van der Waals surface area contributed by atoms with E-state index in [1.807, 2.05) is 0 Å². The van der Waals surface area contributed by atoms with Crippen molar-refractivity contribution < 1.29 is 0 Å². The first-order valence-corrected chi connectivity index (χ1v) is 9.39. The largest absolute Gasteiger partial charge is 0.364 e. The lowest BCUT2D eigenvalue weighted by Crippen LogP contribution is -2.44. The average molecular weight is 326 g/mol. The fourth-order valence-corrected chi connectivity index (χ4v) is 3.47. The number of hydrogen-bond acceptors (Lipinski definition) is 2. The topological polar surface area (TPSA) is 39.7 Å². The molecule has 4 nitrogen and oxygen atoms in total. The van der Waals surface area contributed by atoms with Gasteiger partial charge >= 0.3 is 0 Å². The number of guanidine groups is 1. The SMILES string of the molecule is CCNC(=NCc1cccc(N2CC=CC2)c1)NC1CCCCC1. The van der Waals surface area contributed by atoms with Gasteiger partial charge < -0.3 is 15.5 Å². The second kappa shape index (κ2) is 8.76. The second-order valence-corrected chi connectivity index (χ2v) is 6.72. The van der Waals surface area contributed by atoms with Crippen molar-refractivity contribution in [3.63, 3.8) is 0 Å². The molecule has 0 atom stereocenters. The van der Waals surface area contributed by atoms with Crippen molar-refractivity contribution in [3.05, 3.63) is 42.0 Å². The summed E-state index contributed by atoms with van der Waals surface area (Å²) in [7, 11) is 0. The standard InChI is InChI=1S/C20H30N4/c1-2-21-20(23-18-10-4-3-5-11-18)22-16-17-9-8-12-19(15-17)24-13-6-7-14-24/h6-9,12,15,18H,2-5,10-11,13-14,16H2,1H3,(H2,21,22,23). The van der Waals surface area contributed by atoms with Crippen LogP contribution in [0, 0.1) is 0 Å². The van der Waals surface area contributed by atoms with Gasteiger partial charge in [0.25, 0.3) is 0 Å². The minimum atomic E-state index is 0.582. The highest BCUT2D eigenvalue weighted by Crippen LogP contribution is 2.19. The van der Waals surface area contributed by atoms with E-state index in [2.05, 4.69) is 58.9 Å². The van der Waals surface area contributed by atoms with E-state index < -0.39 is 0 Å². The Morgan fingerprint density at radius 3 is 2.71 bits per heavy atom. The fraction of sp³-hybridized carbons (Fsp3) is 0.550. The van der Waals surface area contributed by atoms with Crippen LogP contribution in [0.3, 0.4) is 0 Å². The highest BCUT2D eigenvalue weighted by molar-refractivity contribution is 5.80. The first-order valence-electron chi connectivity index (χ1n) is 9.39. The van der Waals surface area contributed by atoms with Crippen molar-refractivity contribution in [1.82, 2.24) is 10.6 Å². The maximum Gasteiger partial charge on any atom is 0.191 e. The van der Waals surface area contributed by atoms with Crippen LogP contribution in [0.4, 0.5) is 5.69 Å². The van der Waals surface area contributed by atoms with Crippen LogP contribution in [-0.2, 0) is 6.54 Å². The summed E-state index contributed by atoms with van der Waals surface area (Å²) in [6.45, 7) is 5.77. The number of aliphatic imine (C=N–C) groups is 1. The minimum Gasteiger partial charge on any atom is -0.364 e. The van der Waals surface area contributed by atoms with E-state index in [9.17, 15) is 0 Å². The zero-order chi connectivity index (χ0) is 16.6. The molecule has 1 aromatic carbocycles. The van der Waals surface area contributed by atoms with Gasteiger partial charge in [0.15, 0.2) is 5.96 Å². The molecule has 2 N–H and O–H groups in total. The predicted octanol–water partition coefficient (Wildman–Crippen LogP) is 3.45. The number of hydrogen-bond donors (Lipinski definition) is 2. The van der Waals surface area contributed by atoms with Crippen molar-refractivity contribution >= 4 is 11.6 Å². The summed E-state index contributed by atoms with van der Waals surface area (Å²) in [5, 5.41) is 7.00. The summed E-state index contributed by atoms with van der Waals surface area (Å²) < 4.78 is 0. The highest BCUT2D eigenvalue weighted by atomic mass is 15.2. The van der Waals surface area contributed by atoms with Gasteiger partial charge in [-0.15, -0.1) is 0 Å². The Hall–Kier alpha value is -1.97. The molecule has 2 aliphatic rings. The summed E-state index contributed by atoms with van der Waals surface area (Å²) in [6, 6.07) is 9.34. The molecule has 1 aliphatic heterocycles. The smallest absolute Gasteiger partial charge is 0.191 e. The molecule has 1 saturated carbocycles. The Kier molecular flexibility index (Phi) is 6.16. The molecule has 24 heavy (non-hydrogen) atoms. The molecular weight excluding hydrogens is 296 g/mol. The van der Waals surface area contributed by atoms with E-state index in [0.29, 0.717) is 6.04 Å². The average Bonchev–Trinajstić information content (AvgIpc) is 3.16. The highest BCUT2D eigenvalue weighted by Gasteiger charge is 2.14. The lowest BCUT2D eigenvalue weighted by Gasteiger charge is -2.25. The summed E-state index contributed by atoms with van der Waals surface area (Å²) in [5.41, 5.74) is 2.55. The summed E-state index contributed by atoms with van der Waals surface area (Å²) in [6.07, 6.45) is 11.0. The maximum atomic E-state index is 4.81. The molecule has 0 spiro atoms. The zero-order valence-electron chi connectivity index (χ0n) is 14.8. The van der Waals surface area contributed by atoms with Gasteiger partial charge in [0.05, 0.1) is 6.54 Å². The Bertz CT molecular complexity index is 565. The number of rotatable bonds is 5. The van der Waals surface area contributed by atoms with Gasteiger partial charge in [-0.2, -0.15) is 0 Å². The molecular formula is C20H30N4. The normalized spacial score (nSPS) is 18.9. The van der Waals surface area contributed by atoms with Crippen LogP contribution >= 0.6 is 0 Å². The first kappa shape index (κ1) is 16.9.